The maximum atomic E-state index is 13.1. The second-order valence-electron chi connectivity index (χ2n) is 8.13. The number of nitrogens with zero attached hydrogens (tertiary/aromatic N) is 1. The molecule has 2 heterocycles. The van der Waals surface area contributed by atoms with Gasteiger partial charge in [0, 0.05) is 18.0 Å². The lowest BCUT2D eigenvalue weighted by Crippen LogP contribution is -2.46. The second-order valence-corrected chi connectivity index (χ2v) is 8.13. The highest BCUT2D eigenvalue weighted by atomic mass is 16.4. The molecule has 4 atom stereocenters. The number of fused-ring (bicyclic) bond motifs is 1. The van der Waals surface area contributed by atoms with Gasteiger partial charge in [0.2, 0.25) is 11.8 Å². The Morgan fingerprint density at radius 3 is 2.46 bits per heavy atom. The van der Waals surface area contributed by atoms with Crippen molar-refractivity contribution >= 4 is 23.7 Å². The first-order valence-electron chi connectivity index (χ1n) is 9.92. The molecule has 1 aliphatic carbocycles. The first kappa shape index (κ1) is 18.7. The fraction of sp³-hybridized carbons (Fsp3) is 0.524. The van der Waals surface area contributed by atoms with Gasteiger partial charge in [-0.05, 0) is 49.3 Å². The summed E-state index contributed by atoms with van der Waals surface area (Å²) in [6.07, 6.45) is 5.14. The maximum absolute atomic E-state index is 13.1. The van der Waals surface area contributed by atoms with Crippen LogP contribution in [0.4, 0.5) is 0 Å². The Hall–Kier alpha value is -2.70. The van der Waals surface area contributed by atoms with Crippen LogP contribution < -0.4 is 5.32 Å². The number of benzene rings is 1. The van der Waals surface area contributed by atoms with Crippen molar-refractivity contribution in [3.63, 3.8) is 0 Å². The number of carbonyl (C=O) groups excluding carboxylic acids is 3. The first-order chi connectivity index (χ1) is 13.4. The number of aliphatic carboxylic acids is 1. The van der Waals surface area contributed by atoms with Crippen molar-refractivity contribution in [3.8, 4) is 0 Å². The smallest absolute Gasteiger partial charge is 0.326 e. The van der Waals surface area contributed by atoms with E-state index >= 15 is 0 Å². The summed E-state index contributed by atoms with van der Waals surface area (Å²) in [5.74, 6) is -1.77. The van der Waals surface area contributed by atoms with Crippen molar-refractivity contribution in [2.24, 2.45) is 11.8 Å². The molecule has 3 fully saturated rings. The molecule has 4 rings (SSSR count). The SMILES string of the molecule is O=C1CC(Cc2ccc(C(=O)N3C(C(=O)O)CC4CCCCC43)cc2)C(=O)N1. The number of likely N-dealkylation sites (tertiary alicyclic amines) is 1. The number of amides is 3. The normalized spacial score (nSPS) is 29.5. The fourth-order valence-electron chi connectivity index (χ4n) is 4.96. The lowest BCUT2D eigenvalue weighted by molar-refractivity contribution is -0.141. The number of hydrogen-bond donors (Lipinski definition) is 2. The molecule has 4 unspecified atom stereocenters. The molecular weight excluding hydrogens is 360 g/mol. The van der Waals surface area contributed by atoms with Crippen LogP contribution in [0, 0.1) is 11.8 Å². The van der Waals surface area contributed by atoms with Gasteiger partial charge in [0.1, 0.15) is 6.04 Å². The number of carbonyl (C=O) groups is 4. The molecule has 2 aliphatic heterocycles. The minimum Gasteiger partial charge on any atom is -0.480 e. The molecule has 7 nitrogen and oxygen atoms in total. The van der Waals surface area contributed by atoms with E-state index in [4.69, 9.17) is 0 Å². The van der Waals surface area contributed by atoms with Crippen LogP contribution in [0.2, 0.25) is 0 Å². The topological polar surface area (TPSA) is 104 Å². The van der Waals surface area contributed by atoms with Gasteiger partial charge in [-0.2, -0.15) is 0 Å². The van der Waals surface area contributed by atoms with Crippen LogP contribution in [0.15, 0.2) is 24.3 Å². The molecule has 1 saturated carbocycles. The van der Waals surface area contributed by atoms with E-state index in [2.05, 4.69) is 5.32 Å². The van der Waals surface area contributed by atoms with E-state index in [1.54, 1.807) is 29.2 Å². The van der Waals surface area contributed by atoms with Crippen molar-refractivity contribution in [2.75, 3.05) is 0 Å². The minimum atomic E-state index is -0.934. The summed E-state index contributed by atoms with van der Waals surface area (Å²) in [6, 6.07) is 6.22. The van der Waals surface area contributed by atoms with Crippen molar-refractivity contribution in [1.82, 2.24) is 10.2 Å². The molecule has 148 valence electrons. The van der Waals surface area contributed by atoms with Gasteiger partial charge in [-0.3, -0.25) is 19.7 Å². The highest BCUT2D eigenvalue weighted by molar-refractivity contribution is 6.03. The number of imide groups is 1. The summed E-state index contributed by atoms with van der Waals surface area (Å²) in [5.41, 5.74) is 1.34. The highest BCUT2D eigenvalue weighted by Gasteiger charge is 2.47. The van der Waals surface area contributed by atoms with Crippen LogP contribution in [-0.2, 0) is 20.8 Å². The Morgan fingerprint density at radius 2 is 1.82 bits per heavy atom. The number of nitrogens with one attached hydrogen (secondary N) is 1. The van der Waals surface area contributed by atoms with Crippen LogP contribution in [0.5, 0.6) is 0 Å². The van der Waals surface area contributed by atoms with Gasteiger partial charge >= 0.3 is 5.97 Å². The van der Waals surface area contributed by atoms with Crippen molar-refractivity contribution < 1.29 is 24.3 Å². The Balaban J connectivity index is 1.50. The molecule has 2 N–H and O–H groups in total. The van der Waals surface area contributed by atoms with Gasteiger partial charge < -0.3 is 10.0 Å². The molecule has 0 spiro atoms. The predicted molar refractivity (Wildman–Crippen MR) is 99.4 cm³/mol. The largest absolute Gasteiger partial charge is 0.480 e. The van der Waals surface area contributed by atoms with Crippen molar-refractivity contribution in [1.29, 1.82) is 0 Å². The van der Waals surface area contributed by atoms with E-state index in [-0.39, 0.29) is 42.0 Å². The Labute approximate surface area is 163 Å². The highest BCUT2D eigenvalue weighted by Crippen LogP contribution is 2.40. The van der Waals surface area contributed by atoms with Crippen LogP contribution in [0.25, 0.3) is 0 Å². The quantitative estimate of drug-likeness (QED) is 0.770. The minimum absolute atomic E-state index is 0.00947. The standard InChI is InChI=1S/C21H24N2O5/c24-18-11-15(19(25)22-18)9-12-5-7-13(8-6-12)20(26)23-16-4-2-1-3-14(16)10-17(23)21(27)28/h5-8,14-17H,1-4,9-11H2,(H,27,28)(H,22,24,25). The molecule has 2 saturated heterocycles. The molecule has 1 aromatic rings. The van der Waals surface area contributed by atoms with Gasteiger partial charge in [-0.15, -0.1) is 0 Å². The second kappa shape index (κ2) is 7.37. The summed E-state index contributed by atoms with van der Waals surface area (Å²) in [4.78, 5) is 49.5. The summed E-state index contributed by atoms with van der Waals surface area (Å²) in [5, 5.41) is 11.9. The molecule has 0 radical (unpaired) electrons. The van der Waals surface area contributed by atoms with Gasteiger partial charge in [0.05, 0.1) is 5.92 Å². The van der Waals surface area contributed by atoms with E-state index in [0.29, 0.717) is 18.4 Å². The lowest BCUT2D eigenvalue weighted by Gasteiger charge is -2.33. The lowest BCUT2D eigenvalue weighted by atomic mass is 9.84. The van der Waals surface area contributed by atoms with E-state index < -0.39 is 12.0 Å². The van der Waals surface area contributed by atoms with Gasteiger partial charge in [-0.25, -0.2) is 4.79 Å². The number of carboxylic acid groups (broad SMARTS) is 1. The molecule has 3 amide bonds. The Morgan fingerprint density at radius 1 is 1.11 bits per heavy atom. The summed E-state index contributed by atoms with van der Waals surface area (Å²) >= 11 is 0. The van der Waals surface area contributed by atoms with E-state index in [1.165, 1.54) is 0 Å². The predicted octanol–water partition coefficient (Wildman–Crippen LogP) is 1.75. The Kier molecular flexibility index (Phi) is 4.91. The van der Waals surface area contributed by atoms with E-state index in [1.807, 2.05) is 0 Å². The maximum Gasteiger partial charge on any atom is 0.326 e. The summed E-state index contributed by atoms with van der Waals surface area (Å²) < 4.78 is 0. The third-order valence-corrected chi connectivity index (χ3v) is 6.36. The molecule has 1 aromatic carbocycles. The van der Waals surface area contributed by atoms with Crippen LogP contribution in [0.3, 0.4) is 0 Å². The van der Waals surface area contributed by atoms with Crippen LogP contribution in [0.1, 0.15) is 54.4 Å². The molecule has 7 heteroatoms. The molecular formula is C21H24N2O5. The van der Waals surface area contributed by atoms with Gasteiger partial charge in [-0.1, -0.05) is 25.0 Å². The monoisotopic (exact) mass is 384 g/mol. The van der Waals surface area contributed by atoms with E-state index in [9.17, 15) is 24.3 Å². The van der Waals surface area contributed by atoms with Crippen LogP contribution >= 0.6 is 0 Å². The first-order valence-corrected chi connectivity index (χ1v) is 9.92. The Bertz CT molecular complexity index is 819. The third kappa shape index (κ3) is 3.41. The zero-order valence-electron chi connectivity index (χ0n) is 15.6. The van der Waals surface area contributed by atoms with Crippen molar-refractivity contribution in [2.45, 2.75) is 57.0 Å². The average Bonchev–Trinajstić information content (AvgIpc) is 3.21. The van der Waals surface area contributed by atoms with Crippen LogP contribution in [-0.4, -0.2) is 45.8 Å². The number of hydrogen-bond acceptors (Lipinski definition) is 4. The summed E-state index contributed by atoms with van der Waals surface area (Å²) in [6.45, 7) is 0. The van der Waals surface area contributed by atoms with Gasteiger partial charge in [0.25, 0.3) is 5.91 Å². The molecule has 0 aromatic heterocycles. The zero-order chi connectivity index (χ0) is 19.8. The third-order valence-electron chi connectivity index (χ3n) is 6.36. The number of carboxylic acids is 1. The molecule has 28 heavy (non-hydrogen) atoms. The van der Waals surface area contributed by atoms with Gasteiger partial charge in [0.15, 0.2) is 0 Å². The average molecular weight is 384 g/mol. The summed E-state index contributed by atoms with van der Waals surface area (Å²) in [7, 11) is 0. The molecule has 3 aliphatic rings. The molecule has 0 bridgehead atoms. The van der Waals surface area contributed by atoms with E-state index in [0.717, 1.165) is 31.2 Å². The number of rotatable bonds is 4. The zero-order valence-corrected chi connectivity index (χ0v) is 15.6. The fourth-order valence-corrected chi connectivity index (χ4v) is 4.96. The van der Waals surface area contributed by atoms with Crippen molar-refractivity contribution in [3.05, 3.63) is 35.4 Å².